The average molecular weight is 629 g/mol. The van der Waals surface area contributed by atoms with Crippen molar-refractivity contribution >= 4 is 22.6 Å². The first-order valence-electron chi connectivity index (χ1n) is 14.4. The molecule has 1 heterocycles. The van der Waals surface area contributed by atoms with Gasteiger partial charge in [0.2, 0.25) is 0 Å². The fraction of sp³-hybridized carbons (Fsp3) is 0.194. The van der Waals surface area contributed by atoms with Crippen LogP contribution in [0.1, 0.15) is 48.0 Å². The van der Waals surface area contributed by atoms with E-state index >= 15 is 0 Å². The summed E-state index contributed by atoms with van der Waals surface area (Å²) in [4.78, 5) is 29.3. The minimum Gasteiger partial charge on any atom is -0.480 e. The molecule has 10 heteroatoms. The summed E-state index contributed by atoms with van der Waals surface area (Å²) in [5, 5.41) is 13.8. The van der Waals surface area contributed by atoms with Crippen LogP contribution in [0.4, 0.5) is 13.2 Å². The van der Waals surface area contributed by atoms with Crippen LogP contribution >= 0.6 is 0 Å². The molecule has 236 valence electrons. The molecule has 0 bridgehead atoms. The summed E-state index contributed by atoms with van der Waals surface area (Å²) in [6.07, 6.45) is -3.02. The first-order chi connectivity index (χ1) is 21.7. The highest BCUT2D eigenvalue weighted by atomic mass is 19.4. The van der Waals surface area contributed by atoms with Gasteiger partial charge in [0.05, 0.1) is 5.56 Å². The molecule has 0 unspecified atom stereocenters. The lowest BCUT2D eigenvalue weighted by molar-refractivity contribution is -0.139. The molecule has 0 fully saturated rings. The van der Waals surface area contributed by atoms with Gasteiger partial charge >= 0.3 is 12.1 Å². The molecule has 2 N–H and O–H groups in total. The van der Waals surface area contributed by atoms with Gasteiger partial charge in [-0.3, -0.25) is 9.78 Å². The molecule has 5 aromatic rings. The zero-order valence-corrected chi connectivity index (χ0v) is 25.3. The zero-order valence-electron chi connectivity index (χ0n) is 25.3. The highest BCUT2D eigenvalue weighted by Crippen LogP contribution is 2.33. The minimum absolute atomic E-state index is 0.00886. The maximum absolute atomic E-state index is 13.1. The van der Waals surface area contributed by atoms with E-state index in [1.54, 1.807) is 30.3 Å². The minimum atomic E-state index is -4.50. The largest absolute Gasteiger partial charge is 0.480 e. The Labute approximate surface area is 263 Å². The van der Waals surface area contributed by atoms with Gasteiger partial charge in [0.1, 0.15) is 34.7 Å². The number of halogens is 3. The van der Waals surface area contributed by atoms with Crippen molar-refractivity contribution in [3.63, 3.8) is 0 Å². The molecule has 1 aromatic heterocycles. The van der Waals surface area contributed by atoms with E-state index < -0.39 is 29.7 Å². The van der Waals surface area contributed by atoms with Crippen LogP contribution in [0.5, 0.6) is 23.0 Å². The van der Waals surface area contributed by atoms with Crippen molar-refractivity contribution in [3.8, 4) is 23.0 Å². The topological polar surface area (TPSA) is 97.8 Å². The van der Waals surface area contributed by atoms with Crippen molar-refractivity contribution in [2.75, 3.05) is 0 Å². The molecule has 7 nitrogen and oxygen atoms in total. The number of rotatable bonds is 9. The van der Waals surface area contributed by atoms with Gasteiger partial charge in [-0.2, -0.15) is 13.2 Å². The molecule has 0 aliphatic carbocycles. The number of nitrogens with zero attached hydrogens (tertiary/aromatic N) is 1. The summed E-state index contributed by atoms with van der Waals surface area (Å²) in [5.74, 6) is -0.398. The second kappa shape index (κ2) is 12.9. The Hall–Kier alpha value is -5.38. The SMILES string of the molecule is CC(C)(C)c1ccc(Oc2ccc3cnc(C(=O)N[C@@H](Cc4ccc(Oc5cccc(C(F)(F)F)c5)cc4)C(=O)O)cc3c2)cc1. The third kappa shape index (κ3) is 8.01. The van der Waals surface area contributed by atoms with E-state index in [0.29, 0.717) is 22.4 Å². The summed E-state index contributed by atoms with van der Waals surface area (Å²) >= 11 is 0. The van der Waals surface area contributed by atoms with E-state index in [9.17, 15) is 27.9 Å². The number of carboxylic acids is 1. The van der Waals surface area contributed by atoms with E-state index in [4.69, 9.17) is 9.47 Å². The molecule has 0 saturated heterocycles. The van der Waals surface area contributed by atoms with Gasteiger partial charge in [-0.05, 0) is 88.7 Å². The number of carbonyl (C=O) groups excluding carboxylic acids is 1. The molecule has 1 atom stereocenters. The van der Waals surface area contributed by atoms with Gasteiger partial charge in [-0.1, -0.05) is 51.1 Å². The normalized spacial score (nSPS) is 12.4. The second-order valence-electron chi connectivity index (χ2n) is 11.8. The van der Waals surface area contributed by atoms with E-state index in [0.717, 1.165) is 17.5 Å². The molecule has 0 aliphatic heterocycles. The van der Waals surface area contributed by atoms with Crippen LogP contribution in [0.3, 0.4) is 0 Å². The standard InChI is InChI=1S/C36H31F3N2O5/c1-35(2,3)25-10-15-28(16-11-25)46-30-14-9-23-21-40-31(19-24(23)18-30)33(42)41-32(34(43)44)17-22-7-12-27(13-8-22)45-29-6-4-5-26(20-29)36(37,38)39/h4-16,18-21,32H,17H2,1-3H3,(H,41,42)(H,43,44)/t32-/m0/s1. The van der Waals surface area contributed by atoms with E-state index in [-0.39, 0.29) is 29.0 Å². The number of fused-ring (bicyclic) bond motifs is 1. The van der Waals surface area contributed by atoms with E-state index in [1.807, 2.05) is 30.3 Å². The van der Waals surface area contributed by atoms with E-state index in [1.165, 1.54) is 36.0 Å². The van der Waals surface area contributed by atoms with E-state index in [2.05, 4.69) is 31.1 Å². The van der Waals surface area contributed by atoms with Gasteiger partial charge in [0.15, 0.2) is 0 Å². The van der Waals surface area contributed by atoms with Crippen molar-refractivity contribution in [2.24, 2.45) is 0 Å². The molecule has 4 aromatic carbocycles. The Kier molecular flexibility index (Phi) is 9.00. The third-order valence-electron chi connectivity index (χ3n) is 7.25. The van der Waals surface area contributed by atoms with Crippen molar-refractivity contribution < 1.29 is 37.3 Å². The smallest absolute Gasteiger partial charge is 0.416 e. The van der Waals surface area contributed by atoms with Crippen LogP contribution in [0.15, 0.2) is 103 Å². The van der Waals surface area contributed by atoms with Gasteiger partial charge in [0.25, 0.3) is 5.91 Å². The second-order valence-corrected chi connectivity index (χ2v) is 11.8. The molecule has 0 saturated carbocycles. The number of hydrogen-bond acceptors (Lipinski definition) is 5. The van der Waals surface area contributed by atoms with Crippen LogP contribution < -0.4 is 14.8 Å². The Morgan fingerprint density at radius 3 is 1.98 bits per heavy atom. The maximum atomic E-state index is 13.1. The summed E-state index contributed by atoms with van der Waals surface area (Å²) in [5.41, 5.74) is 0.963. The summed E-state index contributed by atoms with van der Waals surface area (Å²) < 4.78 is 50.6. The van der Waals surface area contributed by atoms with Crippen LogP contribution in [0.25, 0.3) is 10.8 Å². The molecular weight excluding hydrogens is 597 g/mol. The van der Waals surface area contributed by atoms with Crippen LogP contribution in [-0.4, -0.2) is 28.0 Å². The molecule has 0 radical (unpaired) electrons. The Balaban J connectivity index is 1.24. The zero-order chi connectivity index (χ0) is 33.1. The van der Waals surface area contributed by atoms with Crippen molar-refractivity contribution in [1.29, 1.82) is 0 Å². The first kappa shape index (κ1) is 32.0. The lowest BCUT2D eigenvalue weighted by Crippen LogP contribution is -2.42. The average Bonchev–Trinajstić information content (AvgIpc) is 3.01. The summed E-state index contributed by atoms with van der Waals surface area (Å²) in [7, 11) is 0. The highest BCUT2D eigenvalue weighted by Gasteiger charge is 2.30. The van der Waals surface area contributed by atoms with Gasteiger partial charge in [0, 0.05) is 18.0 Å². The number of benzene rings is 4. The monoisotopic (exact) mass is 628 g/mol. The lowest BCUT2D eigenvalue weighted by atomic mass is 9.87. The maximum Gasteiger partial charge on any atom is 0.416 e. The number of nitrogens with one attached hydrogen (secondary N) is 1. The third-order valence-corrected chi connectivity index (χ3v) is 7.25. The summed E-state index contributed by atoms with van der Waals surface area (Å²) in [6, 6.07) is 24.2. The van der Waals surface area contributed by atoms with Crippen molar-refractivity contribution in [1.82, 2.24) is 10.3 Å². The predicted octanol–water partition coefficient (Wildman–Crippen LogP) is 8.56. The lowest BCUT2D eigenvalue weighted by Gasteiger charge is -2.19. The number of carboxylic acid groups (broad SMARTS) is 1. The number of alkyl halides is 3. The number of aliphatic carboxylic acids is 1. The summed E-state index contributed by atoms with van der Waals surface area (Å²) in [6.45, 7) is 6.40. The molecule has 1 amide bonds. The Morgan fingerprint density at radius 1 is 0.761 bits per heavy atom. The van der Waals surface area contributed by atoms with Crippen molar-refractivity contribution in [2.45, 2.75) is 44.8 Å². The van der Waals surface area contributed by atoms with Gasteiger partial charge in [-0.25, -0.2) is 4.79 Å². The number of carbonyl (C=O) groups is 2. The molecule has 46 heavy (non-hydrogen) atoms. The quantitative estimate of drug-likeness (QED) is 0.170. The van der Waals surface area contributed by atoms with Crippen molar-refractivity contribution in [3.05, 3.63) is 126 Å². The van der Waals surface area contributed by atoms with Gasteiger partial charge < -0.3 is 19.9 Å². The number of amides is 1. The predicted molar refractivity (Wildman–Crippen MR) is 168 cm³/mol. The van der Waals surface area contributed by atoms with Gasteiger partial charge in [-0.15, -0.1) is 0 Å². The Morgan fingerprint density at radius 2 is 1.37 bits per heavy atom. The number of aromatic nitrogens is 1. The Bertz CT molecular complexity index is 1870. The van der Waals surface area contributed by atoms with Crippen LogP contribution in [0, 0.1) is 0 Å². The number of hydrogen-bond donors (Lipinski definition) is 2. The fourth-order valence-corrected chi connectivity index (χ4v) is 4.70. The highest BCUT2D eigenvalue weighted by molar-refractivity contribution is 5.98. The molecule has 0 aliphatic rings. The molecule has 5 rings (SSSR count). The number of pyridine rings is 1. The fourth-order valence-electron chi connectivity index (χ4n) is 4.70. The first-order valence-corrected chi connectivity index (χ1v) is 14.4. The number of ether oxygens (including phenoxy) is 2. The van der Waals surface area contributed by atoms with Crippen LogP contribution in [0.2, 0.25) is 0 Å². The van der Waals surface area contributed by atoms with Crippen LogP contribution in [-0.2, 0) is 22.8 Å². The molecule has 0 spiro atoms. The molecular formula is C36H31F3N2O5.